The van der Waals surface area contributed by atoms with Crippen molar-refractivity contribution in [1.29, 1.82) is 0 Å². The fourth-order valence-electron chi connectivity index (χ4n) is 2.39. The molecule has 0 saturated carbocycles. The highest BCUT2D eigenvalue weighted by Crippen LogP contribution is 2.10. The summed E-state index contributed by atoms with van der Waals surface area (Å²) in [4.78, 5) is 11.6. The standard InChI is InChI=1S/C18H36O3/c1-3-5-7-9-11-13-15-17(19)18(20)21-16-14-12-10-8-6-4-2/h17,19H,3-16H2,1-2H3. The van der Waals surface area contributed by atoms with Crippen LogP contribution in [0.15, 0.2) is 0 Å². The molecule has 0 aliphatic rings. The maximum absolute atomic E-state index is 11.6. The third kappa shape index (κ3) is 14.1. The van der Waals surface area contributed by atoms with Gasteiger partial charge >= 0.3 is 5.97 Å². The minimum Gasteiger partial charge on any atom is -0.464 e. The number of aliphatic hydroxyl groups excluding tert-OH is 1. The van der Waals surface area contributed by atoms with Gasteiger partial charge in [0.05, 0.1) is 6.61 Å². The van der Waals surface area contributed by atoms with E-state index in [0.29, 0.717) is 13.0 Å². The van der Waals surface area contributed by atoms with Crippen LogP contribution in [-0.4, -0.2) is 23.8 Å². The molecule has 0 bridgehead atoms. The van der Waals surface area contributed by atoms with Crippen LogP contribution in [0.1, 0.15) is 97.3 Å². The van der Waals surface area contributed by atoms with E-state index >= 15 is 0 Å². The maximum Gasteiger partial charge on any atom is 0.334 e. The van der Waals surface area contributed by atoms with Gasteiger partial charge in [-0.3, -0.25) is 0 Å². The van der Waals surface area contributed by atoms with Gasteiger partial charge in [0.25, 0.3) is 0 Å². The quantitative estimate of drug-likeness (QED) is 0.342. The molecule has 0 aliphatic carbocycles. The first kappa shape index (κ1) is 20.4. The zero-order valence-corrected chi connectivity index (χ0v) is 14.2. The summed E-state index contributed by atoms with van der Waals surface area (Å²) in [6.07, 6.45) is 13.7. The van der Waals surface area contributed by atoms with Crippen molar-refractivity contribution in [3.63, 3.8) is 0 Å². The number of carbonyl (C=O) groups excluding carboxylic acids is 1. The van der Waals surface area contributed by atoms with Gasteiger partial charge in [0, 0.05) is 0 Å². The van der Waals surface area contributed by atoms with Crippen molar-refractivity contribution in [3.05, 3.63) is 0 Å². The summed E-state index contributed by atoms with van der Waals surface area (Å²) >= 11 is 0. The molecule has 0 aromatic carbocycles. The molecule has 0 aromatic rings. The molecule has 0 fully saturated rings. The highest BCUT2D eigenvalue weighted by atomic mass is 16.5. The van der Waals surface area contributed by atoms with Crippen LogP contribution in [0.4, 0.5) is 0 Å². The molecule has 0 aliphatic heterocycles. The van der Waals surface area contributed by atoms with Crippen LogP contribution in [0.2, 0.25) is 0 Å². The molecule has 0 saturated heterocycles. The first-order valence-corrected chi connectivity index (χ1v) is 9.07. The van der Waals surface area contributed by atoms with Crippen molar-refractivity contribution in [2.75, 3.05) is 6.61 Å². The highest BCUT2D eigenvalue weighted by Gasteiger charge is 2.15. The number of hydrogen-bond donors (Lipinski definition) is 1. The Kier molecular flexibility index (Phi) is 15.4. The van der Waals surface area contributed by atoms with E-state index in [1.54, 1.807) is 0 Å². The lowest BCUT2D eigenvalue weighted by Crippen LogP contribution is -2.23. The zero-order valence-electron chi connectivity index (χ0n) is 14.2. The topological polar surface area (TPSA) is 46.5 Å². The van der Waals surface area contributed by atoms with E-state index in [9.17, 15) is 9.90 Å². The van der Waals surface area contributed by atoms with E-state index in [2.05, 4.69) is 13.8 Å². The average molecular weight is 300 g/mol. The smallest absolute Gasteiger partial charge is 0.334 e. The Morgan fingerprint density at radius 2 is 1.29 bits per heavy atom. The number of rotatable bonds is 15. The van der Waals surface area contributed by atoms with Crippen molar-refractivity contribution < 1.29 is 14.6 Å². The van der Waals surface area contributed by atoms with E-state index in [-0.39, 0.29) is 0 Å². The van der Waals surface area contributed by atoms with Crippen molar-refractivity contribution in [1.82, 2.24) is 0 Å². The number of hydrogen-bond acceptors (Lipinski definition) is 3. The molecular weight excluding hydrogens is 264 g/mol. The molecule has 0 heterocycles. The van der Waals surface area contributed by atoms with Crippen LogP contribution in [0, 0.1) is 0 Å². The zero-order chi connectivity index (χ0) is 15.8. The maximum atomic E-state index is 11.6. The van der Waals surface area contributed by atoms with Gasteiger partial charge in [0.15, 0.2) is 6.10 Å². The lowest BCUT2D eigenvalue weighted by molar-refractivity contribution is -0.154. The number of aliphatic hydroxyl groups is 1. The van der Waals surface area contributed by atoms with Crippen LogP contribution in [0.3, 0.4) is 0 Å². The number of carbonyl (C=O) groups is 1. The Morgan fingerprint density at radius 3 is 1.86 bits per heavy atom. The normalized spacial score (nSPS) is 12.3. The van der Waals surface area contributed by atoms with Gasteiger partial charge in [0.2, 0.25) is 0 Å². The number of ether oxygens (including phenoxy) is 1. The predicted molar refractivity (Wildman–Crippen MR) is 88.3 cm³/mol. The number of esters is 1. The van der Waals surface area contributed by atoms with Gasteiger partial charge in [-0.05, 0) is 12.8 Å². The predicted octanol–water partition coefficient (Wildman–Crippen LogP) is 5.00. The van der Waals surface area contributed by atoms with Crippen molar-refractivity contribution in [2.24, 2.45) is 0 Å². The SMILES string of the molecule is CCCCCCCCOC(=O)C(O)CCCCCCCC. The summed E-state index contributed by atoms with van der Waals surface area (Å²) < 4.78 is 5.12. The second-order valence-corrected chi connectivity index (χ2v) is 6.01. The summed E-state index contributed by atoms with van der Waals surface area (Å²) in [6.45, 7) is 4.86. The van der Waals surface area contributed by atoms with Gasteiger partial charge < -0.3 is 9.84 Å². The first-order chi connectivity index (χ1) is 10.2. The van der Waals surface area contributed by atoms with E-state index < -0.39 is 12.1 Å². The van der Waals surface area contributed by atoms with E-state index in [1.807, 2.05) is 0 Å². The first-order valence-electron chi connectivity index (χ1n) is 9.07. The molecule has 0 amide bonds. The molecule has 1 atom stereocenters. The molecule has 1 N–H and O–H groups in total. The Labute approximate surface area is 131 Å². The van der Waals surface area contributed by atoms with Gasteiger partial charge in [-0.2, -0.15) is 0 Å². The summed E-state index contributed by atoms with van der Waals surface area (Å²) in [5, 5.41) is 9.72. The Balaban J connectivity index is 3.36. The van der Waals surface area contributed by atoms with Crippen molar-refractivity contribution in [3.8, 4) is 0 Å². The van der Waals surface area contributed by atoms with E-state index in [1.165, 1.54) is 51.4 Å². The van der Waals surface area contributed by atoms with Crippen molar-refractivity contribution >= 4 is 5.97 Å². The summed E-state index contributed by atoms with van der Waals surface area (Å²) in [6, 6.07) is 0. The third-order valence-corrected chi connectivity index (χ3v) is 3.85. The van der Waals surface area contributed by atoms with Crippen LogP contribution >= 0.6 is 0 Å². The lowest BCUT2D eigenvalue weighted by atomic mass is 10.1. The summed E-state index contributed by atoms with van der Waals surface area (Å²) in [7, 11) is 0. The van der Waals surface area contributed by atoms with E-state index in [4.69, 9.17) is 4.74 Å². The molecule has 126 valence electrons. The molecule has 3 heteroatoms. The van der Waals surface area contributed by atoms with Crippen LogP contribution in [0.5, 0.6) is 0 Å². The molecule has 0 aromatic heterocycles. The molecule has 0 radical (unpaired) electrons. The molecule has 21 heavy (non-hydrogen) atoms. The van der Waals surface area contributed by atoms with Gasteiger partial charge in [0.1, 0.15) is 0 Å². The van der Waals surface area contributed by atoms with Gasteiger partial charge in [-0.1, -0.05) is 84.5 Å². The number of unbranched alkanes of at least 4 members (excludes halogenated alkanes) is 10. The second kappa shape index (κ2) is 15.8. The highest BCUT2D eigenvalue weighted by molar-refractivity contribution is 5.74. The minimum absolute atomic E-state index is 0.433. The van der Waals surface area contributed by atoms with Crippen molar-refractivity contribution in [2.45, 2.75) is 103 Å². The Morgan fingerprint density at radius 1 is 0.810 bits per heavy atom. The minimum atomic E-state index is -0.920. The Hall–Kier alpha value is -0.570. The van der Waals surface area contributed by atoms with Crippen LogP contribution in [-0.2, 0) is 9.53 Å². The fourth-order valence-corrected chi connectivity index (χ4v) is 2.39. The van der Waals surface area contributed by atoms with Gasteiger partial charge in [-0.15, -0.1) is 0 Å². The molecule has 0 spiro atoms. The Bertz CT molecular complexity index is 229. The molecule has 0 rings (SSSR count). The van der Waals surface area contributed by atoms with Crippen LogP contribution in [0.25, 0.3) is 0 Å². The summed E-state index contributed by atoms with van der Waals surface area (Å²) in [5.41, 5.74) is 0. The summed E-state index contributed by atoms with van der Waals surface area (Å²) in [5.74, 6) is -0.433. The largest absolute Gasteiger partial charge is 0.464 e. The molecule has 3 nitrogen and oxygen atoms in total. The second-order valence-electron chi connectivity index (χ2n) is 6.01. The van der Waals surface area contributed by atoms with Gasteiger partial charge in [-0.25, -0.2) is 4.79 Å². The van der Waals surface area contributed by atoms with E-state index in [0.717, 1.165) is 25.7 Å². The molecular formula is C18H36O3. The third-order valence-electron chi connectivity index (χ3n) is 3.85. The van der Waals surface area contributed by atoms with Crippen LogP contribution < -0.4 is 0 Å². The molecule has 1 unspecified atom stereocenters. The average Bonchev–Trinajstić information content (AvgIpc) is 2.49. The monoisotopic (exact) mass is 300 g/mol. The fraction of sp³-hybridized carbons (Fsp3) is 0.944. The lowest BCUT2D eigenvalue weighted by Gasteiger charge is -2.10.